The molecule has 1 N–H and O–H groups in total. The molecule has 0 aliphatic carbocycles. The molecule has 1 aliphatic heterocycles. The Kier molecular flexibility index (Phi) is 8.03. The van der Waals surface area contributed by atoms with Crippen molar-refractivity contribution in [3.63, 3.8) is 0 Å². The fourth-order valence-corrected chi connectivity index (χ4v) is 8.23. The maximum Gasteiger partial charge on any atom is 0.304 e. The van der Waals surface area contributed by atoms with Crippen molar-refractivity contribution in [2.45, 2.75) is 57.1 Å². The lowest BCUT2D eigenvalue weighted by Gasteiger charge is -2.24. The van der Waals surface area contributed by atoms with Crippen LogP contribution in [0.3, 0.4) is 0 Å². The minimum Gasteiger partial charge on any atom is -0.481 e. The molecule has 13 heteroatoms. The van der Waals surface area contributed by atoms with E-state index in [1.54, 1.807) is 10.7 Å². The number of aryl methyl sites for hydroxylation is 2. The monoisotopic (exact) mass is 635 g/mol. The van der Waals surface area contributed by atoms with Gasteiger partial charge in [-0.25, -0.2) is 13.1 Å². The van der Waals surface area contributed by atoms with E-state index in [1.165, 1.54) is 21.7 Å². The number of rotatable bonds is 9. The van der Waals surface area contributed by atoms with Crippen LogP contribution in [0.15, 0.2) is 52.7 Å². The smallest absolute Gasteiger partial charge is 0.304 e. The van der Waals surface area contributed by atoms with Gasteiger partial charge in [0.25, 0.3) is 0 Å². The summed E-state index contributed by atoms with van der Waals surface area (Å²) in [6.45, 7) is 6.32. The largest absolute Gasteiger partial charge is 0.481 e. The number of thiophene rings is 1. The Balaban J connectivity index is 1.45. The van der Waals surface area contributed by atoms with Crippen LogP contribution in [0.25, 0.3) is 21.1 Å². The number of ether oxygens (including phenoxy) is 2. The molecule has 2 aromatic carbocycles. The molecule has 0 saturated heterocycles. The number of carboxylic acid groups (broad SMARTS) is 1. The Bertz CT molecular complexity index is 1990. The summed E-state index contributed by atoms with van der Waals surface area (Å²) >= 11 is 1.53. The highest BCUT2D eigenvalue weighted by Gasteiger charge is 2.36. The van der Waals surface area contributed by atoms with Gasteiger partial charge in [0, 0.05) is 30.3 Å². The third kappa shape index (κ3) is 5.39. The molecule has 0 amide bonds. The molecule has 0 spiro atoms. The third-order valence-electron chi connectivity index (χ3n) is 8.08. The van der Waals surface area contributed by atoms with Gasteiger partial charge in [0.2, 0.25) is 21.8 Å². The van der Waals surface area contributed by atoms with Crippen LogP contribution in [0.1, 0.15) is 54.9 Å². The third-order valence-corrected chi connectivity index (χ3v) is 10.9. The first-order chi connectivity index (χ1) is 21.1. The summed E-state index contributed by atoms with van der Waals surface area (Å²) in [7, 11) is -2.18. The van der Waals surface area contributed by atoms with E-state index >= 15 is 0 Å². The van der Waals surface area contributed by atoms with Gasteiger partial charge in [-0.2, -0.15) is 9.29 Å². The fraction of sp³-hybridized carbons (Fsp3) is 0.355. The Morgan fingerprint density at radius 3 is 2.77 bits per heavy atom. The summed E-state index contributed by atoms with van der Waals surface area (Å²) in [6.07, 6.45) is 0.0144. The minimum atomic E-state index is -3.99. The Hall–Kier alpha value is -4.07. The van der Waals surface area contributed by atoms with Gasteiger partial charge in [-0.3, -0.25) is 4.79 Å². The molecule has 0 unspecified atom stereocenters. The van der Waals surface area contributed by atoms with Gasteiger partial charge in [0.1, 0.15) is 16.5 Å². The number of carbonyl (C=O) groups is 1. The van der Waals surface area contributed by atoms with Crippen LogP contribution in [-0.2, 0) is 28.4 Å². The zero-order chi connectivity index (χ0) is 31.2. The van der Waals surface area contributed by atoms with E-state index in [-0.39, 0.29) is 30.3 Å². The predicted molar refractivity (Wildman–Crippen MR) is 167 cm³/mol. The second-order valence-corrected chi connectivity index (χ2v) is 13.7. The topological polar surface area (TPSA) is 137 Å². The standard InChI is InChI=1S/C31H33N5O6S2/c1-5-22-17-36(44(39,40)26-9-10-27(41-6-2)32-31(26)42-22)16-21-14-20(13-19-11-12-43-30(19)21)24(15-28(37)38)23-7-8-25-29(18(23)3)33-34-35(25)4/h7-14,22,24H,5-6,15-17H2,1-4H3,(H,37,38)/t22-,24+/m1/s1. The van der Waals surface area contributed by atoms with Gasteiger partial charge in [0.05, 0.1) is 25.1 Å². The van der Waals surface area contributed by atoms with Gasteiger partial charge in [-0.1, -0.05) is 24.3 Å². The van der Waals surface area contributed by atoms with Crippen molar-refractivity contribution < 1.29 is 27.8 Å². The average Bonchev–Trinajstić information content (AvgIpc) is 3.60. The maximum absolute atomic E-state index is 14.1. The van der Waals surface area contributed by atoms with Crippen molar-refractivity contribution in [3.05, 3.63) is 70.1 Å². The summed E-state index contributed by atoms with van der Waals surface area (Å²) in [6, 6.07) is 12.8. The summed E-state index contributed by atoms with van der Waals surface area (Å²) in [5.74, 6) is -1.08. The van der Waals surface area contributed by atoms with Crippen molar-refractivity contribution in [1.82, 2.24) is 24.3 Å². The Morgan fingerprint density at radius 1 is 1.20 bits per heavy atom. The molecule has 0 bridgehead atoms. The number of aromatic nitrogens is 4. The molecule has 0 radical (unpaired) electrons. The van der Waals surface area contributed by atoms with Crippen LogP contribution in [0.2, 0.25) is 0 Å². The van der Waals surface area contributed by atoms with Crippen molar-refractivity contribution in [2.24, 2.45) is 7.05 Å². The number of sulfonamides is 1. The molecule has 0 saturated carbocycles. The first-order valence-corrected chi connectivity index (χ1v) is 16.7. The predicted octanol–water partition coefficient (Wildman–Crippen LogP) is 5.25. The molecule has 5 aromatic rings. The summed E-state index contributed by atoms with van der Waals surface area (Å²) in [5, 5.41) is 21.3. The molecule has 230 valence electrons. The van der Waals surface area contributed by atoms with E-state index in [0.717, 1.165) is 43.4 Å². The number of fused-ring (bicyclic) bond motifs is 3. The molecule has 3 aromatic heterocycles. The summed E-state index contributed by atoms with van der Waals surface area (Å²) in [5.41, 5.74) is 4.87. The van der Waals surface area contributed by atoms with E-state index in [1.807, 2.05) is 63.5 Å². The summed E-state index contributed by atoms with van der Waals surface area (Å²) < 4.78 is 43.8. The highest BCUT2D eigenvalue weighted by atomic mass is 32.2. The fourth-order valence-electron chi connectivity index (χ4n) is 5.84. The van der Waals surface area contributed by atoms with E-state index in [2.05, 4.69) is 15.3 Å². The lowest BCUT2D eigenvalue weighted by atomic mass is 9.84. The number of nitrogens with zero attached hydrogens (tertiary/aromatic N) is 5. The number of hydrogen-bond acceptors (Lipinski definition) is 9. The molecular formula is C31H33N5O6S2. The molecule has 6 rings (SSSR count). The van der Waals surface area contributed by atoms with Crippen LogP contribution in [0.4, 0.5) is 0 Å². The second-order valence-electron chi connectivity index (χ2n) is 10.9. The SMILES string of the molecule is CCOc1ccc2c(n1)O[C@H](CC)CN(Cc1cc([C@H](CC(=O)O)c3ccc4c(nnn4C)c3C)cc3ccsc13)S2(=O)=O. The zero-order valence-electron chi connectivity index (χ0n) is 24.9. The average molecular weight is 636 g/mol. The Labute approximate surface area is 259 Å². The van der Waals surface area contributed by atoms with E-state index < -0.39 is 28.0 Å². The van der Waals surface area contributed by atoms with Crippen LogP contribution >= 0.6 is 11.3 Å². The molecule has 2 atom stereocenters. The highest BCUT2D eigenvalue weighted by molar-refractivity contribution is 7.89. The Morgan fingerprint density at radius 2 is 2.02 bits per heavy atom. The van der Waals surface area contributed by atoms with Crippen molar-refractivity contribution in [1.29, 1.82) is 0 Å². The van der Waals surface area contributed by atoms with Gasteiger partial charge in [-0.15, -0.1) is 16.4 Å². The van der Waals surface area contributed by atoms with E-state index in [9.17, 15) is 18.3 Å². The van der Waals surface area contributed by atoms with Gasteiger partial charge in [0.15, 0.2) is 0 Å². The van der Waals surface area contributed by atoms with E-state index in [4.69, 9.17) is 9.47 Å². The minimum absolute atomic E-state index is 0.00728. The molecule has 11 nitrogen and oxygen atoms in total. The first kappa shape index (κ1) is 30.0. The normalized spacial score (nSPS) is 17.2. The number of benzene rings is 2. The second kappa shape index (κ2) is 11.8. The van der Waals surface area contributed by atoms with Crippen LogP contribution in [-0.4, -0.2) is 63.0 Å². The summed E-state index contributed by atoms with van der Waals surface area (Å²) in [4.78, 5) is 16.5. The number of hydrogen-bond donors (Lipinski definition) is 1. The van der Waals surface area contributed by atoms with Crippen LogP contribution < -0.4 is 9.47 Å². The number of aliphatic carboxylic acids is 1. The molecular weight excluding hydrogens is 603 g/mol. The zero-order valence-corrected chi connectivity index (χ0v) is 26.5. The van der Waals surface area contributed by atoms with Gasteiger partial charge in [-0.05, 0) is 77.6 Å². The van der Waals surface area contributed by atoms with E-state index in [0.29, 0.717) is 18.9 Å². The van der Waals surface area contributed by atoms with Crippen LogP contribution in [0.5, 0.6) is 11.8 Å². The van der Waals surface area contributed by atoms with Crippen molar-refractivity contribution in [2.75, 3.05) is 13.2 Å². The molecule has 1 aliphatic rings. The molecule has 44 heavy (non-hydrogen) atoms. The highest BCUT2D eigenvalue weighted by Crippen LogP contribution is 2.39. The van der Waals surface area contributed by atoms with Gasteiger partial charge >= 0.3 is 5.97 Å². The first-order valence-electron chi connectivity index (χ1n) is 14.4. The number of pyridine rings is 1. The quantitative estimate of drug-likeness (QED) is 0.230. The molecule has 0 fully saturated rings. The van der Waals surface area contributed by atoms with Gasteiger partial charge < -0.3 is 14.6 Å². The lowest BCUT2D eigenvalue weighted by Crippen LogP contribution is -2.36. The molecule has 4 heterocycles. The lowest BCUT2D eigenvalue weighted by molar-refractivity contribution is -0.137. The maximum atomic E-state index is 14.1. The van der Waals surface area contributed by atoms with Crippen molar-refractivity contribution >= 4 is 48.4 Å². The number of carboxylic acids is 1. The van der Waals surface area contributed by atoms with Crippen molar-refractivity contribution in [3.8, 4) is 11.8 Å². The van der Waals surface area contributed by atoms with Crippen LogP contribution in [0, 0.1) is 6.92 Å².